The molecule has 8 nitrogen and oxygen atoms in total. The Morgan fingerprint density at radius 1 is 1.21 bits per heavy atom. The maximum atomic E-state index is 12.4. The SMILES string of the molecule is CCCOc1ccc(C(=O)O[C@@H](C)C(=O)N[C@H]2CCS(=O)(=O)C2)cc1OCC. The Morgan fingerprint density at radius 2 is 1.96 bits per heavy atom. The van der Waals surface area contributed by atoms with Crippen molar-refractivity contribution in [3.05, 3.63) is 23.8 Å². The molecule has 1 aliphatic rings. The highest BCUT2D eigenvalue weighted by molar-refractivity contribution is 7.91. The van der Waals surface area contributed by atoms with E-state index in [0.717, 1.165) is 6.42 Å². The molecule has 0 spiro atoms. The molecule has 1 aliphatic heterocycles. The van der Waals surface area contributed by atoms with Crippen molar-refractivity contribution in [3.8, 4) is 11.5 Å². The molecular weight excluding hydrogens is 386 g/mol. The molecule has 9 heteroatoms. The molecule has 0 aromatic heterocycles. The molecule has 0 radical (unpaired) electrons. The molecule has 1 aromatic rings. The molecule has 2 atom stereocenters. The van der Waals surface area contributed by atoms with Gasteiger partial charge in [0.2, 0.25) is 0 Å². The lowest BCUT2D eigenvalue weighted by atomic mass is 10.2. The van der Waals surface area contributed by atoms with Crippen LogP contribution >= 0.6 is 0 Å². The van der Waals surface area contributed by atoms with Crippen molar-refractivity contribution in [2.45, 2.75) is 45.8 Å². The van der Waals surface area contributed by atoms with Gasteiger partial charge in [0.25, 0.3) is 5.91 Å². The van der Waals surface area contributed by atoms with Crippen molar-refractivity contribution in [2.75, 3.05) is 24.7 Å². The van der Waals surface area contributed by atoms with E-state index in [1.807, 2.05) is 13.8 Å². The summed E-state index contributed by atoms with van der Waals surface area (Å²) in [6.07, 6.45) is 0.151. The first kappa shape index (κ1) is 22.0. The third-order valence-electron chi connectivity index (χ3n) is 4.17. The van der Waals surface area contributed by atoms with E-state index in [4.69, 9.17) is 14.2 Å². The summed E-state index contributed by atoms with van der Waals surface area (Å²) < 4.78 is 39.3. The fourth-order valence-corrected chi connectivity index (χ4v) is 4.42. The largest absolute Gasteiger partial charge is 0.490 e. The average molecular weight is 413 g/mol. The van der Waals surface area contributed by atoms with Gasteiger partial charge in [-0.3, -0.25) is 4.79 Å². The molecule has 1 aromatic carbocycles. The standard InChI is InChI=1S/C19H27NO7S/c1-4-9-26-16-7-6-14(11-17(16)25-5-2)19(22)27-13(3)18(21)20-15-8-10-28(23,24)12-15/h6-7,11,13,15H,4-5,8-10,12H2,1-3H3,(H,20,21)/t13-,15-/m0/s1. The second-order valence-corrected chi connectivity index (χ2v) is 8.83. The summed E-state index contributed by atoms with van der Waals surface area (Å²) in [4.78, 5) is 24.6. The van der Waals surface area contributed by atoms with Gasteiger partial charge in [0.15, 0.2) is 27.4 Å². The number of nitrogens with one attached hydrogen (secondary N) is 1. The van der Waals surface area contributed by atoms with E-state index in [-0.39, 0.29) is 17.1 Å². The van der Waals surface area contributed by atoms with E-state index in [0.29, 0.717) is 31.1 Å². The third-order valence-corrected chi connectivity index (χ3v) is 5.94. The lowest BCUT2D eigenvalue weighted by Gasteiger charge is -2.17. The van der Waals surface area contributed by atoms with Crippen molar-refractivity contribution >= 4 is 21.7 Å². The number of carbonyl (C=O) groups excluding carboxylic acids is 2. The summed E-state index contributed by atoms with van der Waals surface area (Å²) >= 11 is 0. The van der Waals surface area contributed by atoms with Crippen molar-refractivity contribution in [3.63, 3.8) is 0 Å². The molecule has 0 bridgehead atoms. The number of sulfone groups is 1. The van der Waals surface area contributed by atoms with Gasteiger partial charge in [0.1, 0.15) is 0 Å². The van der Waals surface area contributed by atoms with Gasteiger partial charge in [-0.2, -0.15) is 0 Å². The zero-order valence-corrected chi connectivity index (χ0v) is 17.2. The van der Waals surface area contributed by atoms with Crippen LogP contribution in [0.3, 0.4) is 0 Å². The Morgan fingerprint density at radius 3 is 2.57 bits per heavy atom. The van der Waals surface area contributed by atoms with E-state index < -0.39 is 33.9 Å². The Bertz CT molecular complexity index is 807. The van der Waals surface area contributed by atoms with Crippen LogP contribution in [-0.2, 0) is 19.4 Å². The maximum absolute atomic E-state index is 12.4. The zero-order valence-electron chi connectivity index (χ0n) is 16.4. The van der Waals surface area contributed by atoms with Crippen LogP contribution in [0.2, 0.25) is 0 Å². The number of hydrogen-bond donors (Lipinski definition) is 1. The van der Waals surface area contributed by atoms with Gasteiger partial charge in [0, 0.05) is 6.04 Å². The van der Waals surface area contributed by atoms with Crippen LogP contribution in [0.1, 0.15) is 44.0 Å². The molecule has 1 N–H and O–H groups in total. The van der Waals surface area contributed by atoms with Gasteiger partial charge >= 0.3 is 5.97 Å². The van der Waals surface area contributed by atoms with E-state index in [9.17, 15) is 18.0 Å². The van der Waals surface area contributed by atoms with Gasteiger partial charge in [-0.15, -0.1) is 0 Å². The average Bonchev–Trinajstić information content (AvgIpc) is 2.99. The number of amides is 1. The minimum absolute atomic E-state index is 0.0543. The summed E-state index contributed by atoms with van der Waals surface area (Å²) in [5.41, 5.74) is 0.232. The monoisotopic (exact) mass is 413 g/mol. The fourth-order valence-electron chi connectivity index (χ4n) is 2.74. The van der Waals surface area contributed by atoms with E-state index >= 15 is 0 Å². The highest BCUT2D eigenvalue weighted by atomic mass is 32.2. The van der Waals surface area contributed by atoms with Crippen molar-refractivity contribution < 1.29 is 32.2 Å². The number of hydrogen-bond acceptors (Lipinski definition) is 7. The maximum Gasteiger partial charge on any atom is 0.339 e. The van der Waals surface area contributed by atoms with Gasteiger partial charge in [-0.05, 0) is 44.9 Å². The summed E-state index contributed by atoms with van der Waals surface area (Å²) in [6.45, 7) is 6.19. The first-order valence-electron chi connectivity index (χ1n) is 9.37. The molecule has 1 fully saturated rings. The minimum Gasteiger partial charge on any atom is -0.490 e. The van der Waals surface area contributed by atoms with Crippen LogP contribution in [0.15, 0.2) is 18.2 Å². The molecule has 1 saturated heterocycles. The third kappa shape index (κ3) is 6.12. The predicted molar refractivity (Wildman–Crippen MR) is 103 cm³/mol. The minimum atomic E-state index is -3.10. The van der Waals surface area contributed by atoms with Crippen LogP contribution in [-0.4, -0.2) is 57.2 Å². The number of benzene rings is 1. The zero-order chi connectivity index (χ0) is 20.7. The molecule has 156 valence electrons. The van der Waals surface area contributed by atoms with Crippen LogP contribution in [0.25, 0.3) is 0 Å². The van der Waals surface area contributed by atoms with Gasteiger partial charge in [-0.1, -0.05) is 6.92 Å². The fraction of sp³-hybridized carbons (Fsp3) is 0.579. The summed E-state index contributed by atoms with van der Waals surface area (Å²) in [5, 5.41) is 2.62. The molecule has 0 unspecified atom stereocenters. The molecular formula is C19H27NO7S. The predicted octanol–water partition coefficient (Wildman–Crippen LogP) is 1.72. The first-order valence-corrected chi connectivity index (χ1v) is 11.2. The number of esters is 1. The van der Waals surface area contributed by atoms with Gasteiger partial charge in [-0.25, -0.2) is 13.2 Å². The Hall–Kier alpha value is -2.29. The normalized spacial score (nSPS) is 18.9. The van der Waals surface area contributed by atoms with Gasteiger partial charge in [0.05, 0.1) is 30.3 Å². The smallest absolute Gasteiger partial charge is 0.339 e. The first-order chi connectivity index (χ1) is 13.3. The quantitative estimate of drug-likeness (QED) is 0.614. The number of ether oxygens (including phenoxy) is 3. The number of carbonyl (C=O) groups is 2. The summed E-state index contributed by atoms with van der Waals surface area (Å²) in [5.74, 6) is -0.269. The van der Waals surface area contributed by atoms with E-state index in [1.54, 1.807) is 12.1 Å². The molecule has 28 heavy (non-hydrogen) atoms. The second kappa shape index (κ2) is 9.77. The van der Waals surface area contributed by atoms with Gasteiger partial charge < -0.3 is 19.5 Å². The van der Waals surface area contributed by atoms with Crippen LogP contribution in [0, 0.1) is 0 Å². The molecule has 0 aliphatic carbocycles. The van der Waals surface area contributed by atoms with Crippen molar-refractivity contribution in [2.24, 2.45) is 0 Å². The highest BCUT2D eigenvalue weighted by Gasteiger charge is 2.30. The van der Waals surface area contributed by atoms with E-state index in [1.165, 1.54) is 13.0 Å². The Kier molecular flexibility index (Phi) is 7.68. The second-order valence-electron chi connectivity index (χ2n) is 6.60. The summed E-state index contributed by atoms with van der Waals surface area (Å²) in [6, 6.07) is 4.25. The molecule has 2 rings (SSSR count). The van der Waals surface area contributed by atoms with Crippen LogP contribution < -0.4 is 14.8 Å². The molecule has 1 heterocycles. The molecule has 1 amide bonds. The van der Waals surface area contributed by atoms with Crippen molar-refractivity contribution in [1.82, 2.24) is 5.32 Å². The van der Waals surface area contributed by atoms with E-state index in [2.05, 4.69) is 5.32 Å². The Balaban J connectivity index is 1.98. The lowest BCUT2D eigenvalue weighted by molar-refractivity contribution is -0.129. The summed E-state index contributed by atoms with van der Waals surface area (Å²) in [7, 11) is -3.10. The number of rotatable bonds is 9. The Labute approximate surface area is 165 Å². The van der Waals surface area contributed by atoms with Crippen molar-refractivity contribution in [1.29, 1.82) is 0 Å². The van der Waals surface area contributed by atoms with Crippen LogP contribution in [0.5, 0.6) is 11.5 Å². The topological polar surface area (TPSA) is 108 Å². The lowest BCUT2D eigenvalue weighted by Crippen LogP contribution is -2.42. The molecule has 0 saturated carbocycles. The highest BCUT2D eigenvalue weighted by Crippen LogP contribution is 2.29. The van der Waals surface area contributed by atoms with Crippen LogP contribution in [0.4, 0.5) is 0 Å².